The van der Waals surface area contributed by atoms with Crippen LogP contribution in [0.25, 0.3) is 11.0 Å². The van der Waals surface area contributed by atoms with Gasteiger partial charge < -0.3 is 5.32 Å². The van der Waals surface area contributed by atoms with Crippen molar-refractivity contribution in [2.75, 3.05) is 5.32 Å². The van der Waals surface area contributed by atoms with E-state index in [2.05, 4.69) is 10.3 Å². The van der Waals surface area contributed by atoms with E-state index in [4.69, 9.17) is 0 Å². The Balaban J connectivity index is 1.93. The number of aryl methyl sites for hydroxylation is 2. The average molecular weight is 274 g/mol. The fourth-order valence-corrected chi connectivity index (χ4v) is 2.68. The standard InChI is InChI=1S/C13H14N4OS/c1-16-10-4-3-9(7-11(10)17(2)13(16)18)8-15-12-14-5-6-19-12/h3-7H,8H2,1-2H3,(H,14,15). The molecule has 1 aromatic carbocycles. The maximum Gasteiger partial charge on any atom is 0.328 e. The summed E-state index contributed by atoms with van der Waals surface area (Å²) in [4.78, 5) is 16.0. The molecular formula is C13H14N4OS. The molecule has 0 aliphatic rings. The van der Waals surface area contributed by atoms with Gasteiger partial charge in [-0.25, -0.2) is 9.78 Å². The Kier molecular flexibility index (Phi) is 2.87. The predicted octanol–water partition coefficient (Wildman–Crippen LogP) is 1.95. The van der Waals surface area contributed by atoms with Gasteiger partial charge in [-0.05, 0) is 17.7 Å². The first-order valence-corrected chi connectivity index (χ1v) is 6.82. The number of fused-ring (bicyclic) bond motifs is 1. The first-order chi connectivity index (χ1) is 9.16. The molecule has 0 atom stereocenters. The van der Waals surface area contributed by atoms with Crippen molar-refractivity contribution in [1.29, 1.82) is 0 Å². The fraction of sp³-hybridized carbons (Fsp3) is 0.231. The number of hydrogen-bond acceptors (Lipinski definition) is 4. The molecule has 0 saturated heterocycles. The number of benzene rings is 1. The van der Waals surface area contributed by atoms with E-state index in [1.54, 1.807) is 40.8 Å². The van der Waals surface area contributed by atoms with Crippen LogP contribution in [0.15, 0.2) is 34.6 Å². The van der Waals surface area contributed by atoms with Crippen LogP contribution >= 0.6 is 11.3 Å². The smallest absolute Gasteiger partial charge is 0.328 e. The van der Waals surface area contributed by atoms with Gasteiger partial charge in [0, 0.05) is 32.2 Å². The Morgan fingerprint density at radius 3 is 2.79 bits per heavy atom. The van der Waals surface area contributed by atoms with E-state index in [-0.39, 0.29) is 5.69 Å². The predicted molar refractivity (Wildman–Crippen MR) is 77.6 cm³/mol. The van der Waals surface area contributed by atoms with E-state index in [1.165, 1.54) is 0 Å². The molecule has 0 fully saturated rings. The number of nitrogens with zero attached hydrogens (tertiary/aromatic N) is 3. The van der Waals surface area contributed by atoms with Crippen LogP contribution in [0.3, 0.4) is 0 Å². The van der Waals surface area contributed by atoms with Crippen molar-refractivity contribution in [3.8, 4) is 0 Å². The van der Waals surface area contributed by atoms with Crippen LogP contribution in [0.2, 0.25) is 0 Å². The van der Waals surface area contributed by atoms with Crippen LogP contribution in [0, 0.1) is 0 Å². The van der Waals surface area contributed by atoms with Crippen molar-refractivity contribution in [1.82, 2.24) is 14.1 Å². The molecule has 0 saturated carbocycles. The molecule has 0 unspecified atom stereocenters. The van der Waals surface area contributed by atoms with Gasteiger partial charge >= 0.3 is 5.69 Å². The van der Waals surface area contributed by atoms with Crippen molar-refractivity contribution >= 4 is 27.5 Å². The molecule has 2 heterocycles. The first-order valence-electron chi connectivity index (χ1n) is 5.94. The minimum absolute atomic E-state index is 0.0000302. The average Bonchev–Trinajstić information content (AvgIpc) is 3.01. The highest BCUT2D eigenvalue weighted by molar-refractivity contribution is 7.13. The maximum atomic E-state index is 11.8. The van der Waals surface area contributed by atoms with Crippen LogP contribution in [-0.2, 0) is 20.6 Å². The molecule has 98 valence electrons. The van der Waals surface area contributed by atoms with E-state index in [0.29, 0.717) is 6.54 Å². The third-order valence-electron chi connectivity index (χ3n) is 3.21. The molecule has 0 aliphatic carbocycles. The lowest BCUT2D eigenvalue weighted by Crippen LogP contribution is -2.19. The minimum atomic E-state index is 0.0000302. The van der Waals surface area contributed by atoms with E-state index >= 15 is 0 Å². The van der Waals surface area contributed by atoms with Gasteiger partial charge in [-0.15, -0.1) is 11.3 Å². The van der Waals surface area contributed by atoms with Crippen LogP contribution in [0.5, 0.6) is 0 Å². The molecule has 0 amide bonds. The van der Waals surface area contributed by atoms with Gasteiger partial charge in [-0.1, -0.05) is 6.07 Å². The molecule has 0 aliphatic heterocycles. The summed E-state index contributed by atoms with van der Waals surface area (Å²) in [5.41, 5.74) is 3.03. The Morgan fingerprint density at radius 1 is 1.26 bits per heavy atom. The van der Waals surface area contributed by atoms with Gasteiger partial charge in [0.05, 0.1) is 11.0 Å². The van der Waals surface area contributed by atoms with Crippen LogP contribution in [0.1, 0.15) is 5.56 Å². The van der Waals surface area contributed by atoms with E-state index in [1.807, 2.05) is 23.6 Å². The molecule has 0 bridgehead atoms. The van der Waals surface area contributed by atoms with Gasteiger partial charge in [0.1, 0.15) is 0 Å². The SMILES string of the molecule is Cn1c(=O)n(C)c2cc(CNc3nccs3)ccc21. The second kappa shape index (κ2) is 4.55. The third-order valence-corrected chi connectivity index (χ3v) is 3.94. The van der Waals surface area contributed by atoms with Crippen LogP contribution < -0.4 is 11.0 Å². The molecule has 5 nitrogen and oxygen atoms in total. The summed E-state index contributed by atoms with van der Waals surface area (Å²) >= 11 is 1.57. The fourth-order valence-electron chi connectivity index (χ4n) is 2.15. The lowest BCUT2D eigenvalue weighted by Gasteiger charge is -2.04. The second-order valence-corrected chi connectivity index (χ2v) is 5.31. The van der Waals surface area contributed by atoms with Gasteiger partial charge in [0.25, 0.3) is 0 Å². The molecule has 3 aromatic rings. The zero-order valence-electron chi connectivity index (χ0n) is 10.8. The zero-order chi connectivity index (χ0) is 13.4. The number of thiazole rings is 1. The molecule has 1 N–H and O–H groups in total. The van der Waals surface area contributed by atoms with Crippen molar-refractivity contribution in [2.24, 2.45) is 14.1 Å². The Labute approximate surface area is 114 Å². The molecule has 3 rings (SSSR count). The highest BCUT2D eigenvalue weighted by Crippen LogP contribution is 2.16. The number of hydrogen-bond donors (Lipinski definition) is 1. The van der Waals surface area contributed by atoms with Gasteiger partial charge in [0.15, 0.2) is 5.13 Å². The van der Waals surface area contributed by atoms with Crippen molar-refractivity contribution in [3.05, 3.63) is 45.8 Å². The first kappa shape index (κ1) is 12.0. The zero-order valence-corrected chi connectivity index (χ0v) is 11.6. The number of rotatable bonds is 3. The largest absolute Gasteiger partial charge is 0.357 e. The lowest BCUT2D eigenvalue weighted by atomic mass is 10.2. The second-order valence-electron chi connectivity index (χ2n) is 4.41. The lowest BCUT2D eigenvalue weighted by molar-refractivity contribution is 0.795. The highest BCUT2D eigenvalue weighted by Gasteiger charge is 2.07. The quantitative estimate of drug-likeness (QED) is 0.794. The molecule has 2 aromatic heterocycles. The minimum Gasteiger partial charge on any atom is -0.357 e. The normalized spacial score (nSPS) is 11.1. The van der Waals surface area contributed by atoms with Crippen LogP contribution in [-0.4, -0.2) is 14.1 Å². The summed E-state index contributed by atoms with van der Waals surface area (Å²) in [6.45, 7) is 0.701. The Bertz CT molecular complexity index is 770. The molecule has 6 heteroatoms. The maximum absolute atomic E-state index is 11.8. The summed E-state index contributed by atoms with van der Waals surface area (Å²) in [6, 6.07) is 6.05. The van der Waals surface area contributed by atoms with Gasteiger partial charge in [-0.2, -0.15) is 0 Å². The van der Waals surface area contributed by atoms with E-state index < -0.39 is 0 Å². The number of aromatic nitrogens is 3. The Hall–Kier alpha value is -2.08. The molecule has 0 spiro atoms. The molecule has 19 heavy (non-hydrogen) atoms. The summed E-state index contributed by atoms with van der Waals surface area (Å²) in [7, 11) is 3.58. The monoisotopic (exact) mass is 274 g/mol. The van der Waals surface area contributed by atoms with Crippen molar-refractivity contribution in [2.45, 2.75) is 6.54 Å². The summed E-state index contributed by atoms with van der Waals surface area (Å²) in [5.74, 6) is 0. The van der Waals surface area contributed by atoms with Gasteiger partial charge in [0.2, 0.25) is 0 Å². The molecular weight excluding hydrogens is 260 g/mol. The number of nitrogens with one attached hydrogen (secondary N) is 1. The van der Waals surface area contributed by atoms with E-state index in [9.17, 15) is 4.79 Å². The Morgan fingerprint density at radius 2 is 2.05 bits per heavy atom. The van der Waals surface area contributed by atoms with E-state index in [0.717, 1.165) is 21.7 Å². The van der Waals surface area contributed by atoms with Crippen LogP contribution in [0.4, 0.5) is 5.13 Å². The topological polar surface area (TPSA) is 51.9 Å². The number of anilines is 1. The molecule has 0 radical (unpaired) electrons. The van der Waals surface area contributed by atoms with Gasteiger partial charge in [-0.3, -0.25) is 9.13 Å². The number of imidazole rings is 1. The summed E-state index contributed by atoms with van der Waals surface area (Å²) < 4.78 is 3.33. The third kappa shape index (κ3) is 2.04. The highest BCUT2D eigenvalue weighted by atomic mass is 32.1. The summed E-state index contributed by atoms with van der Waals surface area (Å²) in [5, 5.41) is 6.10. The van der Waals surface area contributed by atoms with Crippen molar-refractivity contribution in [3.63, 3.8) is 0 Å². The van der Waals surface area contributed by atoms with Crippen molar-refractivity contribution < 1.29 is 0 Å². The summed E-state index contributed by atoms with van der Waals surface area (Å²) in [6.07, 6.45) is 1.77.